The summed E-state index contributed by atoms with van der Waals surface area (Å²) < 4.78 is 0. The Bertz CT molecular complexity index is 421. The van der Waals surface area contributed by atoms with Crippen molar-refractivity contribution in [2.24, 2.45) is 4.99 Å². The van der Waals surface area contributed by atoms with Gasteiger partial charge in [0.15, 0.2) is 0 Å². The SMILES string of the molecule is C1=C\C/C=c2/cccc/c2=N/C\C=C/1. The molecule has 0 aliphatic carbocycles. The Morgan fingerprint density at radius 2 is 1.86 bits per heavy atom. The molecule has 0 saturated carbocycles. The van der Waals surface area contributed by atoms with Crippen molar-refractivity contribution in [3.63, 3.8) is 0 Å². The molecule has 1 heterocycles. The van der Waals surface area contributed by atoms with Gasteiger partial charge in [0.1, 0.15) is 0 Å². The van der Waals surface area contributed by atoms with Crippen LogP contribution in [0.5, 0.6) is 0 Å². The highest BCUT2D eigenvalue weighted by Crippen LogP contribution is 1.87. The molecule has 1 heteroatoms. The van der Waals surface area contributed by atoms with Crippen molar-refractivity contribution in [1.82, 2.24) is 0 Å². The Morgan fingerprint density at radius 1 is 1.00 bits per heavy atom. The maximum absolute atomic E-state index is 4.50. The summed E-state index contributed by atoms with van der Waals surface area (Å²) in [7, 11) is 0. The van der Waals surface area contributed by atoms with Crippen LogP contribution >= 0.6 is 0 Å². The van der Waals surface area contributed by atoms with Crippen LogP contribution in [0.25, 0.3) is 6.08 Å². The number of hydrogen-bond donors (Lipinski definition) is 0. The van der Waals surface area contributed by atoms with Crippen molar-refractivity contribution in [2.45, 2.75) is 6.42 Å². The smallest absolute Gasteiger partial charge is 0.0647 e. The second-order valence-corrected chi connectivity index (χ2v) is 3.20. The maximum Gasteiger partial charge on any atom is 0.0647 e. The average molecular weight is 183 g/mol. The summed E-state index contributed by atoms with van der Waals surface area (Å²) >= 11 is 0. The summed E-state index contributed by atoms with van der Waals surface area (Å²) in [5.41, 5.74) is 0. The minimum absolute atomic E-state index is 0.759. The second kappa shape index (κ2) is 4.56. The van der Waals surface area contributed by atoms with Crippen molar-refractivity contribution in [2.75, 3.05) is 6.54 Å². The zero-order valence-electron chi connectivity index (χ0n) is 8.06. The van der Waals surface area contributed by atoms with Crippen molar-refractivity contribution in [1.29, 1.82) is 0 Å². The number of fused-ring (bicyclic) bond motifs is 1. The third-order valence-corrected chi connectivity index (χ3v) is 2.16. The van der Waals surface area contributed by atoms with E-state index in [0.717, 1.165) is 18.3 Å². The zero-order chi connectivity index (χ0) is 9.64. The van der Waals surface area contributed by atoms with E-state index in [4.69, 9.17) is 0 Å². The van der Waals surface area contributed by atoms with E-state index < -0.39 is 0 Å². The van der Waals surface area contributed by atoms with Crippen molar-refractivity contribution in [3.05, 3.63) is 59.1 Å². The second-order valence-electron chi connectivity index (χ2n) is 3.20. The van der Waals surface area contributed by atoms with Crippen LogP contribution in [0, 0.1) is 0 Å². The molecular weight excluding hydrogens is 170 g/mol. The normalized spacial score (nSPS) is 24.6. The summed E-state index contributed by atoms with van der Waals surface area (Å²) in [5.74, 6) is 0. The van der Waals surface area contributed by atoms with Crippen LogP contribution in [0.4, 0.5) is 0 Å². The molecule has 1 aliphatic rings. The lowest BCUT2D eigenvalue weighted by Crippen LogP contribution is -2.24. The standard InChI is InChI=1S/C13H13N/c1-2-4-8-12-9-5-6-10-13(12)14-11-7-3-1/h1-3,5-10H,4,11H2/b2-1-,7-3-,12-8-,14-13-. The Labute approximate surface area is 83.8 Å². The van der Waals surface area contributed by atoms with E-state index in [2.05, 4.69) is 47.5 Å². The molecule has 1 nitrogen and oxygen atoms in total. The van der Waals surface area contributed by atoms with Crippen molar-refractivity contribution in [3.8, 4) is 0 Å². The molecule has 70 valence electrons. The molecule has 0 spiro atoms. The lowest BCUT2D eigenvalue weighted by molar-refractivity contribution is 1.13. The molecule has 1 aromatic carbocycles. The molecule has 0 fully saturated rings. The van der Waals surface area contributed by atoms with E-state index in [1.165, 1.54) is 5.22 Å². The van der Waals surface area contributed by atoms with Crippen LogP contribution in [0.15, 0.2) is 53.6 Å². The Kier molecular flexibility index (Phi) is 2.92. The number of rotatable bonds is 0. The molecule has 0 amide bonds. The van der Waals surface area contributed by atoms with Gasteiger partial charge < -0.3 is 0 Å². The highest BCUT2D eigenvalue weighted by atomic mass is 14.7. The minimum atomic E-state index is 0.759. The molecule has 0 N–H and O–H groups in total. The molecule has 0 saturated heterocycles. The van der Waals surface area contributed by atoms with Gasteiger partial charge in [-0.1, -0.05) is 48.6 Å². The molecule has 0 atom stereocenters. The first-order valence-electron chi connectivity index (χ1n) is 4.88. The van der Waals surface area contributed by atoms with E-state index in [-0.39, 0.29) is 0 Å². The molecule has 1 aliphatic heterocycles. The third kappa shape index (κ3) is 2.19. The number of nitrogens with zero attached hydrogens (tertiary/aromatic N) is 1. The van der Waals surface area contributed by atoms with Crippen LogP contribution in [-0.2, 0) is 0 Å². The highest BCUT2D eigenvalue weighted by molar-refractivity contribution is 5.27. The van der Waals surface area contributed by atoms with E-state index in [1.54, 1.807) is 0 Å². The summed E-state index contributed by atoms with van der Waals surface area (Å²) in [4.78, 5) is 4.50. The van der Waals surface area contributed by atoms with Gasteiger partial charge in [-0.05, 0) is 17.7 Å². The van der Waals surface area contributed by atoms with Crippen LogP contribution < -0.4 is 10.6 Å². The first-order chi connectivity index (χ1) is 6.97. The molecule has 1 aromatic rings. The van der Waals surface area contributed by atoms with E-state index >= 15 is 0 Å². The van der Waals surface area contributed by atoms with Crippen LogP contribution in [0.1, 0.15) is 6.42 Å². The Morgan fingerprint density at radius 3 is 2.86 bits per heavy atom. The van der Waals surface area contributed by atoms with Gasteiger partial charge in [-0.15, -0.1) is 0 Å². The first kappa shape index (κ1) is 8.95. The van der Waals surface area contributed by atoms with Crippen molar-refractivity contribution < 1.29 is 0 Å². The largest absolute Gasteiger partial charge is 0.281 e. The lowest BCUT2D eigenvalue weighted by atomic mass is 10.2. The van der Waals surface area contributed by atoms with Gasteiger partial charge in [0.05, 0.1) is 11.9 Å². The molecule has 0 bridgehead atoms. The van der Waals surface area contributed by atoms with Gasteiger partial charge >= 0.3 is 0 Å². The predicted octanol–water partition coefficient (Wildman–Crippen LogP) is 1.60. The average Bonchev–Trinajstić information content (AvgIpc) is 2.25. The van der Waals surface area contributed by atoms with E-state index in [0.29, 0.717) is 0 Å². The zero-order valence-corrected chi connectivity index (χ0v) is 8.06. The Hall–Kier alpha value is -1.63. The van der Waals surface area contributed by atoms with Gasteiger partial charge in [-0.2, -0.15) is 0 Å². The fourth-order valence-corrected chi connectivity index (χ4v) is 1.45. The maximum atomic E-state index is 4.50. The molecule has 0 radical (unpaired) electrons. The topological polar surface area (TPSA) is 12.4 Å². The summed E-state index contributed by atoms with van der Waals surface area (Å²) in [5, 5.41) is 2.32. The number of benzene rings is 1. The van der Waals surface area contributed by atoms with Gasteiger partial charge in [-0.25, -0.2) is 0 Å². The highest BCUT2D eigenvalue weighted by Gasteiger charge is 1.85. The molecule has 0 aromatic heterocycles. The summed E-state index contributed by atoms with van der Waals surface area (Å²) in [6, 6.07) is 8.25. The van der Waals surface area contributed by atoms with Crippen LogP contribution in [0.2, 0.25) is 0 Å². The van der Waals surface area contributed by atoms with Crippen molar-refractivity contribution >= 4 is 6.08 Å². The molecule has 14 heavy (non-hydrogen) atoms. The summed E-state index contributed by atoms with van der Waals surface area (Å²) in [6.45, 7) is 0.759. The fraction of sp³-hybridized carbons (Fsp3) is 0.154. The summed E-state index contributed by atoms with van der Waals surface area (Å²) in [6.07, 6.45) is 11.5. The molecule has 2 rings (SSSR count). The predicted molar refractivity (Wildman–Crippen MR) is 59.5 cm³/mol. The Balaban J connectivity index is 2.54. The number of allylic oxidation sites excluding steroid dienone is 3. The molecular formula is C13H13N. The fourth-order valence-electron chi connectivity index (χ4n) is 1.45. The lowest BCUT2D eigenvalue weighted by Gasteiger charge is -1.91. The quantitative estimate of drug-likeness (QED) is 0.579. The number of hydrogen-bond acceptors (Lipinski definition) is 1. The van der Waals surface area contributed by atoms with Gasteiger partial charge in [0.2, 0.25) is 0 Å². The number of para-hydroxylation sites is 1. The molecule has 0 unspecified atom stereocenters. The van der Waals surface area contributed by atoms with Gasteiger partial charge in [0, 0.05) is 0 Å². The van der Waals surface area contributed by atoms with Crippen LogP contribution in [-0.4, -0.2) is 6.54 Å². The van der Waals surface area contributed by atoms with Gasteiger partial charge in [-0.3, -0.25) is 4.99 Å². The van der Waals surface area contributed by atoms with E-state index in [1.807, 2.05) is 12.1 Å². The monoisotopic (exact) mass is 183 g/mol. The van der Waals surface area contributed by atoms with E-state index in [9.17, 15) is 0 Å². The van der Waals surface area contributed by atoms with Gasteiger partial charge in [0.25, 0.3) is 0 Å². The minimum Gasteiger partial charge on any atom is -0.281 e. The third-order valence-electron chi connectivity index (χ3n) is 2.16. The first-order valence-corrected chi connectivity index (χ1v) is 4.88. The van der Waals surface area contributed by atoms with Crippen LogP contribution in [0.3, 0.4) is 0 Å².